The third kappa shape index (κ3) is 3.03. The summed E-state index contributed by atoms with van der Waals surface area (Å²) in [5.74, 6) is 0.215. The Morgan fingerprint density at radius 3 is 2.78 bits per heavy atom. The molecule has 1 aliphatic heterocycles. The van der Waals surface area contributed by atoms with Crippen LogP contribution in [0, 0.1) is 5.41 Å². The molecule has 0 fully saturated rings. The van der Waals surface area contributed by atoms with E-state index in [1.807, 2.05) is 0 Å². The average Bonchev–Trinajstić information content (AvgIpc) is 2.36. The van der Waals surface area contributed by atoms with Crippen LogP contribution in [0.15, 0.2) is 18.2 Å². The van der Waals surface area contributed by atoms with Gasteiger partial charge in [0.2, 0.25) is 0 Å². The SMILES string of the molecule is CC(C)(C)CC1CCc2cc(O)ccc2C(=O)N1. The molecule has 0 saturated carbocycles. The van der Waals surface area contributed by atoms with Crippen LogP contribution in [0.5, 0.6) is 5.75 Å². The van der Waals surface area contributed by atoms with Crippen molar-refractivity contribution in [3.8, 4) is 5.75 Å². The normalized spacial score (nSPS) is 19.9. The number of benzene rings is 1. The number of nitrogens with one attached hydrogen (secondary N) is 1. The molecule has 98 valence electrons. The molecule has 0 saturated heterocycles. The van der Waals surface area contributed by atoms with E-state index in [2.05, 4.69) is 26.1 Å². The highest BCUT2D eigenvalue weighted by molar-refractivity contribution is 5.96. The molecule has 1 aromatic carbocycles. The molecule has 3 heteroatoms. The van der Waals surface area contributed by atoms with Gasteiger partial charge in [-0.15, -0.1) is 0 Å². The predicted molar refractivity (Wildman–Crippen MR) is 71.8 cm³/mol. The topological polar surface area (TPSA) is 49.3 Å². The molecule has 1 heterocycles. The predicted octanol–water partition coefficient (Wildman–Crippen LogP) is 2.87. The lowest BCUT2D eigenvalue weighted by atomic mass is 9.86. The van der Waals surface area contributed by atoms with Crippen molar-refractivity contribution in [2.45, 2.75) is 46.1 Å². The minimum atomic E-state index is -0.0169. The highest BCUT2D eigenvalue weighted by atomic mass is 16.3. The standard InChI is InChI=1S/C15H21NO2/c1-15(2,3)9-11-5-4-10-8-12(17)6-7-13(10)14(18)16-11/h6-8,11,17H,4-5,9H2,1-3H3,(H,16,18). The summed E-state index contributed by atoms with van der Waals surface area (Å²) in [5, 5.41) is 12.6. The molecule has 1 unspecified atom stereocenters. The maximum atomic E-state index is 12.1. The molecule has 0 aromatic heterocycles. The van der Waals surface area contributed by atoms with Crippen LogP contribution >= 0.6 is 0 Å². The van der Waals surface area contributed by atoms with Crippen LogP contribution < -0.4 is 5.32 Å². The number of aryl methyl sites for hydroxylation is 1. The highest BCUT2D eigenvalue weighted by Gasteiger charge is 2.25. The van der Waals surface area contributed by atoms with Crippen molar-refractivity contribution in [1.82, 2.24) is 5.32 Å². The van der Waals surface area contributed by atoms with Gasteiger partial charge in [-0.2, -0.15) is 0 Å². The molecule has 0 bridgehead atoms. The summed E-state index contributed by atoms with van der Waals surface area (Å²) >= 11 is 0. The Hall–Kier alpha value is -1.51. The number of hydrogen-bond donors (Lipinski definition) is 2. The van der Waals surface area contributed by atoms with E-state index in [9.17, 15) is 9.90 Å². The third-order valence-electron chi connectivity index (χ3n) is 3.29. The fourth-order valence-corrected chi connectivity index (χ4v) is 2.57. The number of amides is 1. The Morgan fingerprint density at radius 1 is 1.39 bits per heavy atom. The number of hydrogen-bond acceptors (Lipinski definition) is 2. The fourth-order valence-electron chi connectivity index (χ4n) is 2.57. The van der Waals surface area contributed by atoms with Crippen LogP contribution in [-0.2, 0) is 6.42 Å². The first-order valence-electron chi connectivity index (χ1n) is 6.48. The van der Waals surface area contributed by atoms with Crippen molar-refractivity contribution >= 4 is 5.91 Å². The maximum Gasteiger partial charge on any atom is 0.251 e. The minimum Gasteiger partial charge on any atom is -0.508 e. The number of fused-ring (bicyclic) bond motifs is 1. The Morgan fingerprint density at radius 2 is 2.11 bits per heavy atom. The van der Waals surface area contributed by atoms with E-state index in [4.69, 9.17) is 0 Å². The zero-order valence-corrected chi connectivity index (χ0v) is 11.3. The molecule has 1 aromatic rings. The number of phenols is 1. The number of carbonyl (C=O) groups excluding carboxylic acids is 1. The van der Waals surface area contributed by atoms with Gasteiger partial charge in [0.05, 0.1) is 0 Å². The lowest BCUT2D eigenvalue weighted by Crippen LogP contribution is -2.36. The molecule has 0 radical (unpaired) electrons. The van der Waals surface area contributed by atoms with Gasteiger partial charge < -0.3 is 10.4 Å². The van der Waals surface area contributed by atoms with Crippen molar-refractivity contribution < 1.29 is 9.90 Å². The first kappa shape index (κ1) is 12.9. The molecule has 2 N–H and O–H groups in total. The number of rotatable bonds is 1. The quantitative estimate of drug-likeness (QED) is 0.801. The van der Waals surface area contributed by atoms with E-state index in [0.717, 1.165) is 24.8 Å². The van der Waals surface area contributed by atoms with Gasteiger partial charge in [-0.1, -0.05) is 20.8 Å². The molecule has 2 rings (SSSR count). The Kier molecular flexibility index (Phi) is 3.33. The lowest BCUT2D eigenvalue weighted by molar-refractivity contribution is 0.0929. The summed E-state index contributed by atoms with van der Waals surface area (Å²) in [6, 6.07) is 5.20. The zero-order valence-electron chi connectivity index (χ0n) is 11.3. The van der Waals surface area contributed by atoms with E-state index in [1.54, 1.807) is 18.2 Å². The third-order valence-corrected chi connectivity index (χ3v) is 3.29. The van der Waals surface area contributed by atoms with Crippen LogP contribution in [0.2, 0.25) is 0 Å². The van der Waals surface area contributed by atoms with Gasteiger partial charge in [-0.25, -0.2) is 0 Å². The van der Waals surface area contributed by atoms with E-state index < -0.39 is 0 Å². The summed E-state index contributed by atoms with van der Waals surface area (Å²) in [5.41, 5.74) is 1.85. The smallest absolute Gasteiger partial charge is 0.251 e. The fraction of sp³-hybridized carbons (Fsp3) is 0.533. The molecule has 1 amide bonds. The van der Waals surface area contributed by atoms with Crippen LogP contribution in [-0.4, -0.2) is 17.1 Å². The summed E-state index contributed by atoms with van der Waals surface area (Å²) in [6.07, 6.45) is 2.74. The van der Waals surface area contributed by atoms with Crippen molar-refractivity contribution in [3.05, 3.63) is 29.3 Å². The number of aromatic hydroxyl groups is 1. The highest BCUT2D eigenvalue weighted by Crippen LogP contribution is 2.27. The monoisotopic (exact) mass is 247 g/mol. The lowest BCUT2D eigenvalue weighted by Gasteiger charge is -2.25. The second-order valence-electron chi connectivity index (χ2n) is 6.32. The zero-order chi connectivity index (χ0) is 13.3. The molecule has 1 atom stereocenters. The molecule has 18 heavy (non-hydrogen) atoms. The van der Waals surface area contributed by atoms with Crippen LogP contribution in [0.25, 0.3) is 0 Å². The summed E-state index contributed by atoms with van der Waals surface area (Å²) in [4.78, 5) is 12.1. The van der Waals surface area contributed by atoms with E-state index >= 15 is 0 Å². The second kappa shape index (κ2) is 4.63. The van der Waals surface area contributed by atoms with E-state index in [-0.39, 0.29) is 23.1 Å². The van der Waals surface area contributed by atoms with Crippen molar-refractivity contribution in [2.75, 3.05) is 0 Å². The minimum absolute atomic E-state index is 0.0169. The molecular formula is C15H21NO2. The van der Waals surface area contributed by atoms with Crippen LogP contribution in [0.3, 0.4) is 0 Å². The molecule has 3 nitrogen and oxygen atoms in total. The average molecular weight is 247 g/mol. The van der Waals surface area contributed by atoms with Gasteiger partial charge in [-0.3, -0.25) is 4.79 Å². The van der Waals surface area contributed by atoms with E-state index in [1.165, 1.54) is 0 Å². The Balaban J connectivity index is 2.19. The van der Waals surface area contributed by atoms with Crippen molar-refractivity contribution in [3.63, 3.8) is 0 Å². The maximum absolute atomic E-state index is 12.1. The van der Waals surface area contributed by atoms with E-state index in [0.29, 0.717) is 5.56 Å². The number of phenolic OH excluding ortho intramolecular Hbond substituents is 1. The molecule has 0 spiro atoms. The van der Waals surface area contributed by atoms with Gasteiger partial charge >= 0.3 is 0 Å². The summed E-state index contributed by atoms with van der Waals surface area (Å²) in [6.45, 7) is 6.55. The van der Waals surface area contributed by atoms with Gasteiger partial charge in [0.25, 0.3) is 5.91 Å². The molecule has 1 aliphatic rings. The summed E-state index contributed by atoms with van der Waals surface area (Å²) in [7, 11) is 0. The van der Waals surface area contributed by atoms with Crippen LogP contribution in [0.4, 0.5) is 0 Å². The van der Waals surface area contributed by atoms with Crippen molar-refractivity contribution in [2.24, 2.45) is 5.41 Å². The first-order valence-corrected chi connectivity index (χ1v) is 6.48. The van der Waals surface area contributed by atoms with Crippen LogP contribution in [0.1, 0.15) is 49.5 Å². The van der Waals surface area contributed by atoms with Gasteiger partial charge in [0.1, 0.15) is 5.75 Å². The van der Waals surface area contributed by atoms with Crippen molar-refractivity contribution in [1.29, 1.82) is 0 Å². The van der Waals surface area contributed by atoms with Gasteiger partial charge in [0.15, 0.2) is 0 Å². The number of carbonyl (C=O) groups is 1. The Labute approximate surface area is 108 Å². The first-order chi connectivity index (χ1) is 8.35. The van der Waals surface area contributed by atoms with Gasteiger partial charge in [0, 0.05) is 11.6 Å². The largest absolute Gasteiger partial charge is 0.508 e. The molecular weight excluding hydrogens is 226 g/mol. The van der Waals surface area contributed by atoms with Gasteiger partial charge in [-0.05, 0) is 48.4 Å². The Bertz CT molecular complexity index is 460. The second-order valence-corrected chi connectivity index (χ2v) is 6.32. The molecule has 0 aliphatic carbocycles. The summed E-state index contributed by atoms with van der Waals surface area (Å²) < 4.78 is 0.